The second-order valence-electron chi connectivity index (χ2n) is 4.45. The summed E-state index contributed by atoms with van der Waals surface area (Å²) in [6, 6.07) is 12.5. The van der Waals surface area contributed by atoms with Crippen LogP contribution < -0.4 is 0 Å². The van der Waals surface area contributed by atoms with Crippen LogP contribution in [0, 0.1) is 12.1 Å². The largest absolute Gasteiger partial charge is 0.618 e. The molecule has 0 atom stereocenters. The van der Waals surface area contributed by atoms with Crippen molar-refractivity contribution < 1.29 is 9.53 Å². The number of aryl methyl sites for hydroxylation is 1. The summed E-state index contributed by atoms with van der Waals surface area (Å²) < 4.78 is 1.52. The molecule has 1 aliphatic rings. The zero-order valence-electron chi connectivity index (χ0n) is 10.2. The molecule has 3 nitrogen and oxygen atoms in total. The Morgan fingerprint density at radius 3 is 2.58 bits per heavy atom. The van der Waals surface area contributed by atoms with Crippen LogP contribution in [0.25, 0.3) is 0 Å². The summed E-state index contributed by atoms with van der Waals surface area (Å²) in [6.07, 6.45) is 0. The molecule has 0 amide bonds. The Labute approximate surface area is 118 Å². The summed E-state index contributed by atoms with van der Waals surface area (Å²) in [6.45, 7) is 1.89. The lowest BCUT2D eigenvalue weighted by molar-refractivity contribution is -0.355. The van der Waals surface area contributed by atoms with E-state index in [1.54, 1.807) is 24.3 Å². The van der Waals surface area contributed by atoms with Gasteiger partial charge in [0.05, 0.1) is 5.56 Å². The van der Waals surface area contributed by atoms with Crippen LogP contribution in [0.15, 0.2) is 46.9 Å². The van der Waals surface area contributed by atoms with Gasteiger partial charge in [0, 0.05) is 10.5 Å². The smallest absolute Gasteiger partial charge is 0.273 e. The molecule has 0 unspecified atom stereocenters. The Kier molecular flexibility index (Phi) is 2.75. The Morgan fingerprint density at radius 2 is 1.84 bits per heavy atom. The minimum Gasteiger partial charge on any atom is -0.618 e. The van der Waals surface area contributed by atoms with E-state index in [4.69, 9.17) is 0 Å². The lowest BCUT2D eigenvalue weighted by Crippen LogP contribution is -2.17. The molecule has 4 heteroatoms. The minimum absolute atomic E-state index is 0.200. The second-order valence-corrected chi connectivity index (χ2v) is 5.36. The van der Waals surface area contributed by atoms with Gasteiger partial charge in [0.1, 0.15) is 5.56 Å². The van der Waals surface area contributed by atoms with Crippen LogP contribution in [0.5, 0.6) is 0 Å². The highest BCUT2D eigenvalue weighted by atomic mass is 79.9. The van der Waals surface area contributed by atoms with Crippen LogP contribution in [0.2, 0.25) is 0 Å². The lowest BCUT2D eigenvalue weighted by atomic mass is 9.99. The molecule has 94 valence electrons. The quantitative estimate of drug-likeness (QED) is 0.596. The molecule has 0 aromatic heterocycles. The third-order valence-electron chi connectivity index (χ3n) is 3.24. The minimum atomic E-state index is -0.222. The zero-order valence-corrected chi connectivity index (χ0v) is 11.8. The van der Waals surface area contributed by atoms with Crippen molar-refractivity contribution >= 4 is 33.1 Å². The normalized spacial score (nSPS) is 13.9. The van der Waals surface area contributed by atoms with Crippen LogP contribution >= 0.6 is 15.9 Å². The number of nitrogens with zero attached hydrogens (tertiary/aromatic N) is 1. The van der Waals surface area contributed by atoms with Crippen LogP contribution in [0.1, 0.15) is 21.5 Å². The number of carbonyl (C=O) groups is 1. The van der Waals surface area contributed by atoms with E-state index in [9.17, 15) is 10.0 Å². The molecular weight excluding hydrogens is 306 g/mol. The van der Waals surface area contributed by atoms with Crippen molar-refractivity contribution in [2.45, 2.75) is 6.92 Å². The first-order chi connectivity index (χ1) is 9.09. The van der Waals surface area contributed by atoms with E-state index < -0.39 is 0 Å². The number of rotatable bonds is 1. The predicted octanol–water partition coefficient (Wildman–Crippen LogP) is 3.58. The van der Waals surface area contributed by atoms with Gasteiger partial charge in [-0.05, 0) is 30.7 Å². The van der Waals surface area contributed by atoms with Gasteiger partial charge in [0.25, 0.3) is 11.5 Å². The number of halogens is 1. The third kappa shape index (κ3) is 1.79. The van der Waals surface area contributed by atoms with Crippen LogP contribution in [0.4, 0.5) is 5.69 Å². The van der Waals surface area contributed by atoms with E-state index in [-0.39, 0.29) is 11.5 Å². The van der Waals surface area contributed by atoms with Crippen molar-refractivity contribution in [3.8, 4) is 0 Å². The molecular formula is C15H10BrNO2. The van der Waals surface area contributed by atoms with Crippen LogP contribution in [-0.4, -0.2) is 16.2 Å². The summed E-state index contributed by atoms with van der Waals surface area (Å²) in [5.74, 6) is -0.222. The maximum absolute atomic E-state index is 12.4. The molecule has 1 aliphatic heterocycles. The molecule has 19 heavy (non-hydrogen) atoms. The molecule has 0 spiro atoms. The van der Waals surface area contributed by atoms with E-state index in [1.165, 1.54) is 0 Å². The number of benzene rings is 2. The molecule has 0 radical (unpaired) electrons. The second kappa shape index (κ2) is 4.31. The van der Waals surface area contributed by atoms with Gasteiger partial charge in [-0.15, -0.1) is 0 Å². The first-order valence-electron chi connectivity index (χ1n) is 5.84. The zero-order chi connectivity index (χ0) is 13.6. The van der Waals surface area contributed by atoms with Gasteiger partial charge in [-0.1, -0.05) is 34.1 Å². The highest BCUT2D eigenvalue weighted by Crippen LogP contribution is 2.31. The highest BCUT2D eigenvalue weighted by Gasteiger charge is 2.37. The van der Waals surface area contributed by atoms with Crippen molar-refractivity contribution in [1.29, 1.82) is 0 Å². The SMILES string of the molecule is Cc1ccccc1C1=[N+]([O-])c2ccc(Br)cc2C1=O. The molecule has 1 heterocycles. The number of Topliss-reactive ketones (excluding diaryl/α,β-unsaturated/α-hetero) is 1. The van der Waals surface area contributed by atoms with Gasteiger partial charge < -0.3 is 5.21 Å². The van der Waals surface area contributed by atoms with Crippen molar-refractivity contribution in [2.24, 2.45) is 0 Å². The van der Waals surface area contributed by atoms with Gasteiger partial charge in [-0.2, -0.15) is 4.74 Å². The molecule has 0 aliphatic carbocycles. The third-order valence-corrected chi connectivity index (χ3v) is 3.73. The summed E-state index contributed by atoms with van der Waals surface area (Å²) >= 11 is 3.32. The molecule has 2 aromatic rings. The number of hydrogen-bond acceptors (Lipinski definition) is 2. The molecule has 2 aromatic carbocycles. The average Bonchev–Trinajstić information content (AvgIpc) is 2.63. The molecule has 0 saturated carbocycles. The van der Waals surface area contributed by atoms with E-state index >= 15 is 0 Å². The number of ketones is 1. The Bertz CT molecular complexity index is 735. The molecule has 3 rings (SSSR count). The number of fused-ring (bicyclic) bond motifs is 1. The van der Waals surface area contributed by atoms with E-state index in [0.29, 0.717) is 16.8 Å². The standard InChI is InChI=1S/C15H10BrNO2/c1-9-4-2-3-5-11(9)14-15(18)12-8-10(16)6-7-13(12)17(14)19/h2-8H,1H3. The topological polar surface area (TPSA) is 43.1 Å². The first kappa shape index (κ1) is 12.1. The molecule has 0 N–H and O–H groups in total. The molecule has 0 saturated heterocycles. The maximum Gasteiger partial charge on any atom is 0.273 e. The van der Waals surface area contributed by atoms with Crippen LogP contribution in [0.3, 0.4) is 0 Å². The van der Waals surface area contributed by atoms with Crippen molar-refractivity contribution in [3.05, 3.63) is 68.8 Å². The van der Waals surface area contributed by atoms with E-state index in [2.05, 4.69) is 15.9 Å². The van der Waals surface area contributed by atoms with Gasteiger partial charge >= 0.3 is 0 Å². The average molecular weight is 316 g/mol. The fourth-order valence-corrected chi connectivity index (χ4v) is 2.64. The van der Waals surface area contributed by atoms with Crippen molar-refractivity contribution in [2.75, 3.05) is 0 Å². The van der Waals surface area contributed by atoms with Gasteiger partial charge in [0.15, 0.2) is 0 Å². The number of hydrogen-bond donors (Lipinski definition) is 0. The molecule has 0 fully saturated rings. The molecule has 0 bridgehead atoms. The van der Waals surface area contributed by atoms with Crippen molar-refractivity contribution in [1.82, 2.24) is 0 Å². The first-order valence-corrected chi connectivity index (χ1v) is 6.63. The van der Waals surface area contributed by atoms with Gasteiger partial charge in [-0.25, -0.2) is 0 Å². The Morgan fingerprint density at radius 1 is 1.11 bits per heavy atom. The fourth-order valence-electron chi connectivity index (χ4n) is 2.28. The predicted molar refractivity (Wildman–Crippen MR) is 77.0 cm³/mol. The summed E-state index contributed by atoms with van der Waals surface area (Å²) in [4.78, 5) is 12.4. The van der Waals surface area contributed by atoms with Gasteiger partial charge in [-0.3, -0.25) is 4.79 Å². The Hall–Kier alpha value is -1.94. The summed E-state index contributed by atoms with van der Waals surface area (Å²) in [7, 11) is 0. The fraction of sp³-hybridized carbons (Fsp3) is 0.0667. The lowest BCUT2D eigenvalue weighted by Gasteiger charge is -2.04. The summed E-state index contributed by atoms with van der Waals surface area (Å²) in [5.41, 5.74) is 2.66. The van der Waals surface area contributed by atoms with E-state index in [0.717, 1.165) is 14.8 Å². The van der Waals surface area contributed by atoms with Gasteiger partial charge in [0.2, 0.25) is 5.69 Å². The van der Waals surface area contributed by atoms with Crippen LogP contribution in [-0.2, 0) is 0 Å². The monoisotopic (exact) mass is 315 g/mol. The van der Waals surface area contributed by atoms with E-state index in [1.807, 2.05) is 25.1 Å². The van der Waals surface area contributed by atoms with Crippen molar-refractivity contribution in [3.63, 3.8) is 0 Å². The maximum atomic E-state index is 12.4. The summed E-state index contributed by atoms with van der Waals surface area (Å²) in [5, 5.41) is 12.3. The number of carbonyl (C=O) groups excluding carboxylic acids is 1. The highest BCUT2D eigenvalue weighted by molar-refractivity contribution is 9.10. The Balaban J connectivity index is 2.24.